The Kier molecular flexibility index (Phi) is 6.62. The average Bonchev–Trinajstić information content (AvgIpc) is 3.47. The summed E-state index contributed by atoms with van der Waals surface area (Å²) in [5, 5.41) is 7.87. The van der Waals surface area contributed by atoms with Gasteiger partial charge in [0.05, 0.1) is 0 Å². The number of benzene rings is 1. The molecule has 0 radical (unpaired) electrons. The molecule has 2 fully saturated rings. The van der Waals surface area contributed by atoms with Gasteiger partial charge >= 0.3 is 5.76 Å². The number of aromatic amines is 1. The summed E-state index contributed by atoms with van der Waals surface area (Å²) in [6.45, 7) is 2.88. The van der Waals surface area contributed by atoms with E-state index in [1.54, 1.807) is 0 Å². The lowest BCUT2D eigenvalue weighted by Crippen LogP contribution is -2.31. The zero-order valence-corrected chi connectivity index (χ0v) is 21.7. The van der Waals surface area contributed by atoms with Gasteiger partial charge < -0.3 is 9.88 Å². The third-order valence-electron chi connectivity index (χ3n) is 7.73. The second kappa shape index (κ2) is 10.2. The van der Waals surface area contributed by atoms with Crippen LogP contribution in [0.4, 0.5) is 5.82 Å². The molecule has 1 aromatic carbocycles. The first kappa shape index (κ1) is 24.0. The van der Waals surface area contributed by atoms with Gasteiger partial charge in [-0.15, -0.1) is 0 Å². The summed E-state index contributed by atoms with van der Waals surface area (Å²) >= 11 is 0. The highest BCUT2D eigenvalue weighted by Gasteiger charge is 2.29. The molecule has 0 amide bonds. The standard InChI is InChI=1S/C26H31N7O3S/c1-16(18-11-8-12-18)27-21-20-22(29-23(28-21)24-31-26(34)36-32-24)30-25(37(35)19-13-6-3-7-14-19)33(20)15-17-9-4-2-5-10-17/h3,6-7,13-14,16-18H,2,4-5,8-12,15H2,1H3,(H,27,28,29)(H,31,32,34). The topological polar surface area (TPSA) is 132 Å². The lowest BCUT2D eigenvalue weighted by molar-refractivity contribution is 0.285. The van der Waals surface area contributed by atoms with Gasteiger partial charge in [0.25, 0.3) is 0 Å². The van der Waals surface area contributed by atoms with Crippen LogP contribution in [-0.4, -0.2) is 39.9 Å². The molecule has 3 heterocycles. The largest absolute Gasteiger partial charge is 0.439 e. The van der Waals surface area contributed by atoms with Gasteiger partial charge in [-0.25, -0.2) is 19.0 Å². The zero-order valence-electron chi connectivity index (χ0n) is 20.9. The van der Waals surface area contributed by atoms with Gasteiger partial charge in [0.2, 0.25) is 16.8 Å². The number of aromatic nitrogens is 6. The lowest BCUT2D eigenvalue weighted by Gasteiger charge is -2.32. The summed E-state index contributed by atoms with van der Waals surface area (Å²) in [5.41, 5.74) is 1.16. The quantitative estimate of drug-likeness (QED) is 0.346. The first-order valence-electron chi connectivity index (χ1n) is 13.1. The SMILES string of the molecule is CC(Nc1nc(-c2noc(=O)[nH]2)nc2nc(S(=O)c3ccccc3)n(CC3CCCCC3)c12)C1CCC1. The van der Waals surface area contributed by atoms with E-state index in [9.17, 15) is 9.00 Å². The number of fused-ring (bicyclic) bond motifs is 1. The third-order valence-corrected chi connectivity index (χ3v) is 9.07. The first-order valence-corrected chi connectivity index (χ1v) is 14.3. The average molecular weight is 522 g/mol. The van der Waals surface area contributed by atoms with E-state index in [4.69, 9.17) is 14.5 Å². The predicted octanol–water partition coefficient (Wildman–Crippen LogP) is 4.52. The number of nitrogens with zero attached hydrogens (tertiary/aromatic N) is 5. The van der Waals surface area contributed by atoms with Crippen LogP contribution in [0.25, 0.3) is 22.8 Å². The van der Waals surface area contributed by atoms with E-state index in [0.717, 1.165) is 18.4 Å². The molecule has 37 heavy (non-hydrogen) atoms. The minimum atomic E-state index is -1.50. The molecule has 6 rings (SSSR count). The van der Waals surface area contributed by atoms with Crippen molar-refractivity contribution in [3.8, 4) is 11.6 Å². The van der Waals surface area contributed by atoms with Gasteiger partial charge in [-0.3, -0.25) is 9.51 Å². The fourth-order valence-electron chi connectivity index (χ4n) is 5.41. The highest BCUT2D eigenvalue weighted by molar-refractivity contribution is 7.85. The van der Waals surface area contributed by atoms with Gasteiger partial charge in [0.1, 0.15) is 16.3 Å². The Morgan fingerprint density at radius 3 is 2.54 bits per heavy atom. The van der Waals surface area contributed by atoms with E-state index in [2.05, 4.69) is 31.9 Å². The van der Waals surface area contributed by atoms with Crippen molar-refractivity contribution in [1.82, 2.24) is 29.7 Å². The molecule has 3 aromatic heterocycles. The van der Waals surface area contributed by atoms with Crippen molar-refractivity contribution in [3.63, 3.8) is 0 Å². The number of H-pyrrole nitrogens is 1. The van der Waals surface area contributed by atoms with Gasteiger partial charge in [-0.2, -0.15) is 4.98 Å². The van der Waals surface area contributed by atoms with Crippen molar-refractivity contribution in [3.05, 3.63) is 40.9 Å². The van der Waals surface area contributed by atoms with Crippen LogP contribution < -0.4 is 11.1 Å². The van der Waals surface area contributed by atoms with Crippen molar-refractivity contribution in [1.29, 1.82) is 0 Å². The molecule has 0 aliphatic heterocycles. The van der Waals surface area contributed by atoms with E-state index < -0.39 is 16.6 Å². The lowest BCUT2D eigenvalue weighted by atomic mass is 9.80. The Morgan fingerprint density at radius 2 is 1.86 bits per heavy atom. The maximum absolute atomic E-state index is 13.8. The minimum absolute atomic E-state index is 0.138. The molecule has 0 saturated heterocycles. The van der Waals surface area contributed by atoms with Crippen LogP contribution in [0.5, 0.6) is 0 Å². The molecule has 2 aliphatic carbocycles. The monoisotopic (exact) mass is 521 g/mol. The molecular formula is C26H31N7O3S. The second-order valence-corrected chi connectivity index (χ2v) is 11.6. The summed E-state index contributed by atoms with van der Waals surface area (Å²) in [6, 6.07) is 9.58. The highest BCUT2D eigenvalue weighted by Crippen LogP contribution is 2.35. The van der Waals surface area contributed by atoms with E-state index in [-0.39, 0.29) is 17.7 Å². The van der Waals surface area contributed by atoms with Crippen LogP contribution in [0.15, 0.2) is 49.7 Å². The summed E-state index contributed by atoms with van der Waals surface area (Å²) < 4.78 is 20.6. The maximum Gasteiger partial charge on any atom is 0.439 e. The zero-order chi connectivity index (χ0) is 25.4. The number of hydrogen-bond donors (Lipinski definition) is 2. The second-order valence-electron chi connectivity index (χ2n) is 10.2. The van der Waals surface area contributed by atoms with Crippen LogP contribution in [-0.2, 0) is 17.3 Å². The molecule has 194 valence electrons. The van der Waals surface area contributed by atoms with Crippen LogP contribution in [0.1, 0.15) is 58.3 Å². The van der Waals surface area contributed by atoms with E-state index in [0.29, 0.717) is 39.9 Å². The van der Waals surface area contributed by atoms with Crippen molar-refractivity contribution >= 4 is 27.8 Å². The maximum atomic E-state index is 13.8. The number of imidazole rings is 1. The highest BCUT2D eigenvalue weighted by atomic mass is 32.2. The van der Waals surface area contributed by atoms with Gasteiger partial charge in [0, 0.05) is 17.5 Å². The number of nitrogens with one attached hydrogen (secondary N) is 2. The summed E-state index contributed by atoms with van der Waals surface area (Å²) in [6.07, 6.45) is 9.54. The molecule has 2 saturated carbocycles. The van der Waals surface area contributed by atoms with Crippen molar-refractivity contribution in [2.75, 3.05) is 5.32 Å². The number of anilines is 1. The predicted molar refractivity (Wildman–Crippen MR) is 140 cm³/mol. The van der Waals surface area contributed by atoms with Crippen LogP contribution in [0.3, 0.4) is 0 Å². The van der Waals surface area contributed by atoms with E-state index >= 15 is 0 Å². The molecule has 0 spiro atoms. The summed E-state index contributed by atoms with van der Waals surface area (Å²) in [5.74, 6) is 1.32. The minimum Gasteiger partial charge on any atom is -0.365 e. The van der Waals surface area contributed by atoms with Crippen molar-refractivity contribution in [2.24, 2.45) is 11.8 Å². The fraction of sp³-hybridized carbons (Fsp3) is 0.500. The Balaban J connectivity index is 1.52. The van der Waals surface area contributed by atoms with Gasteiger partial charge in [-0.1, -0.05) is 49.0 Å². The van der Waals surface area contributed by atoms with Crippen LogP contribution in [0, 0.1) is 11.8 Å². The Morgan fingerprint density at radius 1 is 1.08 bits per heavy atom. The molecule has 2 unspecified atom stereocenters. The van der Waals surface area contributed by atoms with E-state index in [1.807, 2.05) is 30.3 Å². The smallest absolute Gasteiger partial charge is 0.365 e. The number of rotatable bonds is 8. The molecule has 2 N–H and O–H groups in total. The van der Waals surface area contributed by atoms with Crippen molar-refractivity contribution < 1.29 is 8.73 Å². The van der Waals surface area contributed by atoms with Gasteiger partial charge in [0.15, 0.2) is 11.5 Å². The Labute approximate surface area is 216 Å². The fourth-order valence-corrected chi connectivity index (χ4v) is 6.56. The van der Waals surface area contributed by atoms with Crippen LogP contribution >= 0.6 is 0 Å². The van der Waals surface area contributed by atoms with Crippen molar-refractivity contribution in [2.45, 2.75) is 80.9 Å². The molecule has 2 atom stereocenters. The first-order chi connectivity index (χ1) is 18.1. The molecular weight excluding hydrogens is 490 g/mol. The molecule has 10 nitrogen and oxygen atoms in total. The molecule has 11 heteroatoms. The summed E-state index contributed by atoms with van der Waals surface area (Å²) in [4.78, 5) is 29.1. The number of hydrogen-bond acceptors (Lipinski definition) is 8. The molecule has 4 aromatic rings. The van der Waals surface area contributed by atoms with Crippen LogP contribution in [0.2, 0.25) is 0 Å². The third kappa shape index (κ3) is 4.84. The Hall–Kier alpha value is -3.34. The normalized spacial score (nSPS) is 18.5. The van der Waals surface area contributed by atoms with Gasteiger partial charge in [-0.05, 0) is 56.6 Å². The van der Waals surface area contributed by atoms with E-state index in [1.165, 1.54) is 38.5 Å². The summed E-state index contributed by atoms with van der Waals surface area (Å²) in [7, 11) is -1.50. The molecule has 2 aliphatic rings. The Bertz CT molecular complexity index is 1470. The molecule has 0 bridgehead atoms.